The highest BCUT2D eigenvalue weighted by Gasteiger charge is 2.22. The Morgan fingerprint density at radius 3 is 2.95 bits per heavy atom. The highest BCUT2D eigenvalue weighted by Crippen LogP contribution is 2.22. The lowest BCUT2D eigenvalue weighted by atomic mass is 10.2. The molecule has 0 saturated heterocycles. The van der Waals surface area contributed by atoms with E-state index in [4.69, 9.17) is 4.52 Å². The molecular weight excluding hydrogens is 276 g/mol. The zero-order valence-corrected chi connectivity index (χ0v) is 11.2. The third kappa shape index (κ3) is 2.40. The minimum Gasteiger partial charge on any atom is -0.476 e. The number of carboxylic acid groups (broad SMARTS) is 1. The SMILES string of the molecule is CCn1cc(-c2c(C(=O)O)nnn2Cc2ccno2)cn1. The van der Waals surface area contributed by atoms with Crippen molar-refractivity contribution in [2.24, 2.45) is 0 Å². The number of hydrogen-bond donors (Lipinski definition) is 1. The zero-order chi connectivity index (χ0) is 14.8. The van der Waals surface area contributed by atoms with Crippen LogP contribution < -0.4 is 0 Å². The number of nitrogens with zero attached hydrogens (tertiary/aromatic N) is 6. The zero-order valence-electron chi connectivity index (χ0n) is 11.2. The maximum Gasteiger partial charge on any atom is 0.358 e. The van der Waals surface area contributed by atoms with Crippen LogP contribution in [0.3, 0.4) is 0 Å². The Hall–Kier alpha value is -2.97. The third-order valence-corrected chi connectivity index (χ3v) is 2.97. The lowest BCUT2D eigenvalue weighted by Crippen LogP contribution is -2.05. The fourth-order valence-corrected chi connectivity index (χ4v) is 1.98. The summed E-state index contributed by atoms with van der Waals surface area (Å²) in [5, 5.41) is 24.6. The van der Waals surface area contributed by atoms with Crippen LogP contribution in [0.25, 0.3) is 11.3 Å². The molecule has 9 nitrogen and oxygen atoms in total. The molecule has 0 bridgehead atoms. The third-order valence-electron chi connectivity index (χ3n) is 2.97. The Morgan fingerprint density at radius 2 is 2.33 bits per heavy atom. The first-order valence-electron chi connectivity index (χ1n) is 6.28. The Morgan fingerprint density at radius 1 is 1.48 bits per heavy atom. The van der Waals surface area contributed by atoms with Crippen LogP contribution >= 0.6 is 0 Å². The predicted octanol–water partition coefficient (Wildman–Crippen LogP) is 0.896. The van der Waals surface area contributed by atoms with Crippen LogP contribution in [0, 0.1) is 0 Å². The van der Waals surface area contributed by atoms with Crippen molar-refractivity contribution in [3.05, 3.63) is 36.1 Å². The summed E-state index contributed by atoms with van der Waals surface area (Å²) >= 11 is 0. The fourth-order valence-electron chi connectivity index (χ4n) is 1.98. The van der Waals surface area contributed by atoms with E-state index in [1.54, 1.807) is 23.1 Å². The Labute approximate surface area is 118 Å². The Bertz CT molecular complexity index is 758. The molecule has 0 aliphatic rings. The van der Waals surface area contributed by atoms with Crippen molar-refractivity contribution < 1.29 is 14.4 Å². The molecule has 0 aliphatic heterocycles. The highest BCUT2D eigenvalue weighted by molar-refractivity contribution is 5.92. The molecule has 0 aromatic carbocycles. The minimum atomic E-state index is -1.14. The summed E-state index contributed by atoms with van der Waals surface area (Å²) in [5.41, 5.74) is 0.905. The molecule has 0 saturated carbocycles. The van der Waals surface area contributed by atoms with Crippen LogP contribution in [-0.4, -0.2) is 41.0 Å². The first-order chi connectivity index (χ1) is 10.2. The molecule has 0 atom stereocenters. The Balaban J connectivity index is 2.06. The van der Waals surface area contributed by atoms with E-state index in [0.717, 1.165) is 0 Å². The molecule has 21 heavy (non-hydrogen) atoms. The van der Waals surface area contributed by atoms with E-state index in [1.807, 2.05) is 6.92 Å². The number of rotatable bonds is 5. The molecule has 9 heteroatoms. The summed E-state index contributed by atoms with van der Waals surface area (Å²) < 4.78 is 8.18. The first kappa shape index (κ1) is 13.0. The van der Waals surface area contributed by atoms with E-state index in [0.29, 0.717) is 23.6 Å². The number of aromatic nitrogens is 6. The molecule has 3 aromatic rings. The van der Waals surface area contributed by atoms with E-state index >= 15 is 0 Å². The smallest absolute Gasteiger partial charge is 0.358 e. The second kappa shape index (κ2) is 5.19. The summed E-state index contributed by atoms with van der Waals surface area (Å²) in [5.74, 6) is -0.584. The molecule has 0 unspecified atom stereocenters. The summed E-state index contributed by atoms with van der Waals surface area (Å²) in [7, 11) is 0. The van der Waals surface area contributed by atoms with Gasteiger partial charge in [-0.3, -0.25) is 4.68 Å². The quantitative estimate of drug-likeness (QED) is 0.742. The van der Waals surface area contributed by atoms with E-state index in [9.17, 15) is 9.90 Å². The Kier molecular flexibility index (Phi) is 3.22. The van der Waals surface area contributed by atoms with Gasteiger partial charge in [0.25, 0.3) is 0 Å². The monoisotopic (exact) mass is 288 g/mol. The molecule has 3 aromatic heterocycles. The van der Waals surface area contributed by atoms with Crippen molar-refractivity contribution in [1.29, 1.82) is 0 Å². The number of aromatic carboxylic acids is 1. The summed E-state index contributed by atoms with van der Waals surface area (Å²) in [6.07, 6.45) is 4.85. The van der Waals surface area contributed by atoms with Crippen LogP contribution in [0.5, 0.6) is 0 Å². The van der Waals surface area contributed by atoms with Gasteiger partial charge < -0.3 is 9.63 Å². The van der Waals surface area contributed by atoms with E-state index < -0.39 is 5.97 Å². The molecule has 108 valence electrons. The molecule has 0 radical (unpaired) electrons. The van der Waals surface area contributed by atoms with E-state index in [-0.39, 0.29) is 12.2 Å². The van der Waals surface area contributed by atoms with Crippen LogP contribution in [0.2, 0.25) is 0 Å². The van der Waals surface area contributed by atoms with Crippen molar-refractivity contribution in [1.82, 2.24) is 29.9 Å². The number of carboxylic acids is 1. The van der Waals surface area contributed by atoms with Crippen molar-refractivity contribution in [2.75, 3.05) is 0 Å². The van der Waals surface area contributed by atoms with Gasteiger partial charge in [0, 0.05) is 24.4 Å². The molecular formula is C12H12N6O3. The molecule has 3 heterocycles. The van der Waals surface area contributed by atoms with Crippen LogP contribution in [-0.2, 0) is 13.1 Å². The average molecular weight is 288 g/mol. The first-order valence-corrected chi connectivity index (χ1v) is 6.28. The molecule has 3 rings (SSSR count). The molecule has 0 aliphatic carbocycles. The summed E-state index contributed by atoms with van der Waals surface area (Å²) in [6, 6.07) is 1.68. The van der Waals surface area contributed by atoms with Gasteiger partial charge in [0.2, 0.25) is 0 Å². The topological polar surface area (TPSA) is 112 Å². The number of aryl methyl sites for hydroxylation is 1. The molecule has 0 spiro atoms. The van der Waals surface area contributed by atoms with E-state index in [2.05, 4.69) is 20.6 Å². The largest absolute Gasteiger partial charge is 0.476 e. The number of carbonyl (C=O) groups is 1. The van der Waals surface area contributed by atoms with Gasteiger partial charge in [0.15, 0.2) is 11.5 Å². The van der Waals surface area contributed by atoms with Gasteiger partial charge in [0.05, 0.1) is 12.4 Å². The van der Waals surface area contributed by atoms with Gasteiger partial charge in [-0.1, -0.05) is 10.4 Å². The average Bonchev–Trinajstić information content (AvgIpc) is 3.18. The molecule has 1 N–H and O–H groups in total. The van der Waals surface area contributed by atoms with Gasteiger partial charge in [-0.2, -0.15) is 5.10 Å². The number of hydrogen-bond acceptors (Lipinski definition) is 6. The van der Waals surface area contributed by atoms with E-state index in [1.165, 1.54) is 10.9 Å². The second-order valence-electron chi connectivity index (χ2n) is 4.31. The second-order valence-corrected chi connectivity index (χ2v) is 4.31. The van der Waals surface area contributed by atoms with Gasteiger partial charge in [-0.15, -0.1) is 5.10 Å². The van der Waals surface area contributed by atoms with Gasteiger partial charge in [-0.05, 0) is 6.92 Å². The van der Waals surface area contributed by atoms with Crippen LogP contribution in [0.4, 0.5) is 0 Å². The summed E-state index contributed by atoms with van der Waals surface area (Å²) in [4.78, 5) is 11.3. The standard InChI is InChI=1S/C12H12N6O3/c1-2-17-6-8(5-13-17)11-10(12(19)20)15-16-18(11)7-9-3-4-14-21-9/h3-6H,2,7H2,1H3,(H,19,20). The van der Waals surface area contributed by atoms with Gasteiger partial charge in [0.1, 0.15) is 12.2 Å². The maximum absolute atomic E-state index is 11.3. The van der Waals surface area contributed by atoms with Crippen LogP contribution in [0.15, 0.2) is 29.2 Å². The van der Waals surface area contributed by atoms with Crippen molar-refractivity contribution in [3.63, 3.8) is 0 Å². The van der Waals surface area contributed by atoms with Crippen LogP contribution in [0.1, 0.15) is 23.2 Å². The molecule has 0 fully saturated rings. The summed E-state index contributed by atoms with van der Waals surface area (Å²) in [6.45, 7) is 2.87. The molecule has 0 amide bonds. The lowest BCUT2D eigenvalue weighted by Gasteiger charge is -2.02. The predicted molar refractivity (Wildman–Crippen MR) is 69.5 cm³/mol. The van der Waals surface area contributed by atoms with Crippen molar-refractivity contribution in [2.45, 2.75) is 20.0 Å². The van der Waals surface area contributed by atoms with Crippen molar-refractivity contribution >= 4 is 5.97 Å². The lowest BCUT2D eigenvalue weighted by molar-refractivity contribution is 0.0691. The van der Waals surface area contributed by atoms with Gasteiger partial charge >= 0.3 is 5.97 Å². The minimum absolute atomic E-state index is 0.120. The van der Waals surface area contributed by atoms with Gasteiger partial charge in [-0.25, -0.2) is 9.48 Å². The fraction of sp³-hybridized carbons (Fsp3) is 0.250. The highest BCUT2D eigenvalue weighted by atomic mass is 16.5. The normalized spacial score (nSPS) is 10.9. The maximum atomic E-state index is 11.3. The van der Waals surface area contributed by atoms with Crippen molar-refractivity contribution in [3.8, 4) is 11.3 Å².